The van der Waals surface area contributed by atoms with Gasteiger partial charge in [-0.1, -0.05) is 19.3 Å². The van der Waals surface area contributed by atoms with Crippen LogP contribution in [0.25, 0.3) is 0 Å². The molecule has 0 aromatic heterocycles. The maximum absolute atomic E-state index is 12.2. The maximum atomic E-state index is 12.2. The molecule has 6 heteroatoms. The zero-order chi connectivity index (χ0) is 16.0. The average molecular weight is 298 g/mol. The van der Waals surface area contributed by atoms with E-state index in [4.69, 9.17) is 0 Å². The summed E-state index contributed by atoms with van der Waals surface area (Å²) in [5.41, 5.74) is -1.05. The third-order valence-electron chi connectivity index (χ3n) is 4.38. The second-order valence-electron chi connectivity index (χ2n) is 5.99. The molecule has 0 aliphatic heterocycles. The second kappa shape index (κ2) is 7.43. The van der Waals surface area contributed by atoms with Crippen LogP contribution >= 0.6 is 0 Å². The van der Waals surface area contributed by atoms with Crippen molar-refractivity contribution in [3.05, 3.63) is 0 Å². The van der Waals surface area contributed by atoms with Crippen LogP contribution < -0.4 is 0 Å². The number of carbonyl (C=O) groups excluding carboxylic acids is 2. The first kappa shape index (κ1) is 17.5. The summed E-state index contributed by atoms with van der Waals surface area (Å²) in [6.45, 7) is 0. The molecule has 0 aromatic rings. The molecular formula is C15H26N2O4. The fourth-order valence-corrected chi connectivity index (χ4v) is 2.85. The first-order valence-corrected chi connectivity index (χ1v) is 7.51. The lowest BCUT2D eigenvalue weighted by Crippen LogP contribution is -2.56. The molecule has 2 amide bonds. The molecule has 0 saturated heterocycles. The number of nitrogens with zero attached hydrogens (tertiary/aromatic N) is 2. The number of carbonyl (C=O) groups is 3. The first-order valence-electron chi connectivity index (χ1n) is 7.51. The minimum atomic E-state index is -1.05. The van der Waals surface area contributed by atoms with Gasteiger partial charge in [0.25, 0.3) is 0 Å². The summed E-state index contributed by atoms with van der Waals surface area (Å²) in [6, 6.07) is 0. The Balaban J connectivity index is 2.59. The normalized spacial score (nSPS) is 17.1. The lowest BCUT2D eigenvalue weighted by molar-refractivity contribution is -0.160. The van der Waals surface area contributed by atoms with Gasteiger partial charge in [0.15, 0.2) is 0 Å². The van der Waals surface area contributed by atoms with Gasteiger partial charge in [0.2, 0.25) is 11.8 Å². The third kappa shape index (κ3) is 4.19. The average Bonchev–Trinajstić information content (AvgIpc) is 2.46. The Labute approximate surface area is 126 Å². The van der Waals surface area contributed by atoms with Gasteiger partial charge in [0.05, 0.1) is 0 Å². The summed E-state index contributed by atoms with van der Waals surface area (Å²) < 4.78 is 0. The van der Waals surface area contributed by atoms with Gasteiger partial charge in [-0.3, -0.25) is 9.59 Å². The van der Waals surface area contributed by atoms with E-state index in [2.05, 4.69) is 0 Å². The SMILES string of the molecule is CN(C)C(=O)CCCC(=O)N(C)C1(C(=O)O)CCCCC1. The maximum Gasteiger partial charge on any atom is 0.329 e. The highest BCUT2D eigenvalue weighted by Crippen LogP contribution is 2.33. The zero-order valence-corrected chi connectivity index (χ0v) is 13.2. The molecule has 120 valence electrons. The predicted molar refractivity (Wildman–Crippen MR) is 78.8 cm³/mol. The summed E-state index contributed by atoms with van der Waals surface area (Å²) in [5.74, 6) is -1.12. The van der Waals surface area contributed by atoms with E-state index in [1.807, 2.05) is 0 Å². The molecule has 0 heterocycles. The van der Waals surface area contributed by atoms with Crippen LogP contribution in [0.4, 0.5) is 0 Å². The molecule has 1 N–H and O–H groups in total. The van der Waals surface area contributed by atoms with Crippen molar-refractivity contribution in [1.82, 2.24) is 9.80 Å². The number of aliphatic carboxylic acids is 1. The van der Waals surface area contributed by atoms with Crippen LogP contribution in [0.15, 0.2) is 0 Å². The van der Waals surface area contributed by atoms with E-state index in [0.717, 1.165) is 19.3 Å². The molecule has 0 aromatic carbocycles. The summed E-state index contributed by atoms with van der Waals surface area (Å²) >= 11 is 0. The summed E-state index contributed by atoms with van der Waals surface area (Å²) in [6.07, 6.45) is 4.70. The van der Waals surface area contributed by atoms with Gasteiger partial charge in [0.1, 0.15) is 5.54 Å². The summed E-state index contributed by atoms with van der Waals surface area (Å²) in [5, 5.41) is 9.54. The fourth-order valence-electron chi connectivity index (χ4n) is 2.85. The highest BCUT2D eigenvalue weighted by atomic mass is 16.4. The summed E-state index contributed by atoms with van der Waals surface area (Å²) in [4.78, 5) is 38.2. The molecule has 0 unspecified atom stereocenters. The number of likely N-dealkylation sites (N-methyl/N-ethyl adjacent to an activating group) is 1. The molecule has 1 aliphatic carbocycles. The van der Waals surface area contributed by atoms with Crippen molar-refractivity contribution in [2.24, 2.45) is 0 Å². The Bertz CT molecular complexity index is 400. The van der Waals surface area contributed by atoms with Gasteiger partial charge in [-0.25, -0.2) is 4.79 Å². The van der Waals surface area contributed by atoms with Crippen molar-refractivity contribution in [2.75, 3.05) is 21.1 Å². The number of rotatable bonds is 6. The zero-order valence-electron chi connectivity index (χ0n) is 13.2. The molecule has 1 aliphatic rings. The van der Waals surface area contributed by atoms with Gasteiger partial charge in [0, 0.05) is 34.0 Å². The van der Waals surface area contributed by atoms with E-state index in [-0.39, 0.29) is 18.2 Å². The lowest BCUT2D eigenvalue weighted by atomic mass is 9.80. The monoisotopic (exact) mass is 298 g/mol. The van der Waals surface area contributed by atoms with Crippen LogP contribution in [0.1, 0.15) is 51.4 Å². The largest absolute Gasteiger partial charge is 0.479 e. The van der Waals surface area contributed by atoms with E-state index < -0.39 is 11.5 Å². The number of hydrogen-bond acceptors (Lipinski definition) is 3. The van der Waals surface area contributed by atoms with E-state index in [1.165, 1.54) is 9.80 Å². The lowest BCUT2D eigenvalue weighted by Gasteiger charge is -2.41. The van der Waals surface area contributed by atoms with Crippen molar-refractivity contribution < 1.29 is 19.5 Å². The van der Waals surface area contributed by atoms with Crippen molar-refractivity contribution >= 4 is 17.8 Å². The Kier molecular flexibility index (Phi) is 6.18. The van der Waals surface area contributed by atoms with Gasteiger partial charge < -0.3 is 14.9 Å². The second-order valence-corrected chi connectivity index (χ2v) is 5.99. The van der Waals surface area contributed by atoms with Gasteiger partial charge >= 0.3 is 5.97 Å². The molecular weight excluding hydrogens is 272 g/mol. The molecule has 0 radical (unpaired) electrons. The molecule has 0 bridgehead atoms. The van der Waals surface area contributed by atoms with Gasteiger partial charge in [-0.2, -0.15) is 0 Å². The molecule has 0 atom stereocenters. The van der Waals surface area contributed by atoms with Crippen LogP contribution in [-0.4, -0.2) is 59.4 Å². The van der Waals surface area contributed by atoms with Crippen LogP contribution in [0.2, 0.25) is 0 Å². The van der Waals surface area contributed by atoms with Crippen LogP contribution in [-0.2, 0) is 14.4 Å². The van der Waals surface area contributed by atoms with E-state index in [0.29, 0.717) is 25.7 Å². The number of carboxylic acid groups (broad SMARTS) is 1. The number of hydrogen-bond donors (Lipinski definition) is 1. The first-order chi connectivity index (χ1) is 9.81. The Hall–Kier alpha value is -1.59. The molecule has 21 heavy (non-hydrogen) atoms. The Morgan fingerprint density at radius 1 is 0.952 bits per heavy atom. The van der Waals surface area contributed by atoms with Gasteiger partial charge in [-0.05, 0) is 19.3 Å². The van der Waals surface area contributed by atoms with E-state index >= 15 is 0 Å². The number of amides is 2. The quantitative estimate of drug-likeness (QED) is 0.806. The predicted octanol–water partition coefficient (Wildman–Crippen LogP) is 1.49. The minimum Gasteiger partial charge on any atom is -0.479 e. The Morgan fingerprint density at radius 2 is 1.48 bits per heavy atom. The van der Waals surface area contributed by atoms with Gasteiger partial charge in [-0.15, -0.1) is 0 Å². The highest BCUT2D eigenvalue weighted by Gasteiger charge is 2.45. The van der Waals surface area contributed by atoms with Crippen molar-refractivity contribution in [3.8, 4) is 0 Å². The van der Waals surface area contributed by atoms with E-state index in [1.54, 1.807) is 21.1 Å². The van der Waals surface area contributed by atoms with Crippen molar-refractivity contribution in [3.63, 3.8) is 0 Å². The van der Waals surface area contributed by atoms with Crippen LogP contribution in [0.3, 0.4) is 0 Å². The van der Waals surface area contributed by atoms with Crippen molar-refractivity contribution in [2.45, 2.75) is 56.9 Å². The van der Waals surface area contributed by atoms with Crippen LogP contribution in [0, 0.1) is 0 Å². The Morgan fingerprint density at radius 3 is 1.95 bits per heavy atom. The highest BCUT2D eigenvalue weighted by molar-refractivity contribution is 5.87. The van der Waals surface area contributed by atoms with E-state index in [9.17, 15) is 19.5 Å². The molecule has 1 saturated carbocycles. The molecule has 1 fully saturated rings. The summed E-state index contributed by atoms with van der Waals surface area (Å²) in [7, 11) is 4.94. The minimum absolute atomic E-state index is 0.0175. The fraction of sp³-hybridized carbons (Fsp3) is 0.800. The molecule has 1 rings (SSSR count). The standard InChI is InChI=1S/C15H26N2O4/c1-16(2)12(18)8-7-9-13(19)17(3)15(14(20)21)10-5-4-6-11-15/h4-11H2,1-3H3,(H,20,21). The molecule has 0 spiro atoms. The van der Waals surface area contributed by atoms with Crippen molar-refractivity contribution in [1.29, 1.82) is 0 Å². The van der Waals surface area contributed by atoms with Crippen LogP contribution in [0.5, 0.6) is 0 Å². The smallest absolute Gasteiger partial charge is 0.329 e. The molecule has 6 nitrogen and oxygen atoms in total. The topological polar surface area (TPSA) is 77.9 Å². The third-order valence-corrected chi connectivity index (χ3v) is 4.38. The number of carboxylic acids is 1.